The summed E-state index contributed by atoms with van der Waals surface area (Å²) in [7, 11) is 0. The minimum atomic E-state index is -0.492. The van der Waals surface area contributed by atoms with Crippen LogP contribution in [-0.4, -0.2) is 29.3 Å². The van der Waals surface area contributed by atoms with Gasteiger partial charge in [-0.2, -0.15) is 11.8 Å². The highest BCUT2D eigenvalue weighted by molar-refractivity contribution is 7.99. The van der Waals surface area contributed by atoms with E-state index >= 15 is 0 Å². The second-order valence-corrected chi connectivity index (χ2v) is 5.44. The Morgan fingerprint density at radius 2 is 2.25 bits per heavy atom. The molecule has 2 rings (SSSR count). The average molecular weight is 238 g/mol. The normalized spacial score (nSPS) is 23.1. The van der Waals surface area contributed by atoms with Gasteiger partial charge in [0.15, 0.2) is 0 Å². The van der Waals surface area contributed by atoms with Crippen molar-refractivity contribution in [2.75, 3.05) is 18.1 Å². The van der Waals surface area contributed by atoms with Crippen molar-refractivity contribution in [2.45, 2.75) is 26.1 Å². The van der Waals surface area contributed by atoms with E-state index in [1.807, 2.05) is 30.8 Å². The van der Waals surface area contributed by atoms with Crippen molar-refractivity contribution in [3.05, 3.63) is 34.9 Å². The van der Waals surface area contributed by atoms with Gasteiger partial charge in [-0.3, -0.25) is 0 Å². The molecular formula is C13H18O2S. The number of hydrogen-bond donors (Lipinski definition) is 1. The Morgan fingerprint density at radius 1 is 1.44 bits per heavy atom. The lowest BCUT2D eigenvalue weighted by atomic mass is 9.98. The molecule has 1 aromatic rings. The van der Waals surface area contributed by atoms with Crippen LogP contribution < -0.4 is 0 Å². The Bertz CT molecular complexity index is 359. The molecule has 1 N–H and O–H groups in total. The molecule has 0 spiro atoms. The smallest absolute Gasteiger partial charge is 0.106 e. The first-order valence-electron chi connectivity index (χ1n) is 5.63. The Balaban J connectivity index is 2.15. The molecule has 0 amide bonds. The second kappa shape index (κ2) is 5.21. The summed E-state index contributed by atoms with van der Waals surface area (Å²) in [6.07, 6.45) is -0.548. The largest absolute Gasteiger partial charge is 0.386 e. The van der Waals surface area contributed by atoms with Gasteiger partial charge in [0.2, 0.25) is 0 Å². The molecule has 1 aliphatic heterocycles. The van der Waals surface area contributed by atoms with E-state index in [0.717, 1.165) is 29.2 Å². The molecule has 16 heavy (non-hydrogen) atoms. The number of aliphatic hydroxyl groups is 1. The molecule has 2 atom stereocenters. The SMILES string of the molecule is Cc1ccc(C(O)C2CSCCO2)c(C)c1. The van der Waals surface area contributed by atoms with Crippen LogP contribution in [0.1, 0.15) is 22.8 Å². The third-order valence-corrected chi connectivity index (χ3v) is 3.96. The number of thioether (sulfide) groups is 1. The third kappa shape index (κ3) is 2.59. The van der Waals surface area contributed by atoms with Gasteiger partial charge >= 0.3 is 0 Å². The number of rotatable bonds is 2. The van der Waals surface area contributed by atoms with Gasteiger partial charge in [0.1, 0.15) is 6.10 Å². The van der Waals surface area contributed by atoms with Crippen molar-refractivity contribution >= 4 is 11.8 Å². The van der Waals surface area contributed by atoms with Gasteiger partial charge in [-0.15, -0.1) is 0 Å². The molecule has 0 saturated carbocycles. The van der Waals surface area contributed by atoms with Crippen molar-refractivity contribution < 1.29 is 9.84 Å². The highest BCUT2D eigenvalue weighted by Gasteiger charge is 2.25. The number of hydrogen-bond acceptors (Lipinski definition) is 3. The van der Waals surface area contributed by atoms with E-state index in [9.17, 15) is 5.11 Å². The van der Waals surface area contributed by atoms with Gasteiger partial charge in [-0.1, -0.05) is 23.8 Å². The van der Waals surface area contributed by atoms with Gasteiger partial charge in [0.25, 0.3) is 0 Å². The topological polar surface area (TPSA) is 29.5 Å². The van der Waals surface area contributed by atoms with Crippen LogP contribution in [0.2, 0.25) is 0 Å². The predicted octanol–water partition coefficient (Wildman–Crippen LogP) is 2.47. The quantitative estimate of drug-likeness (QED) is 0.858. The van der Waals surface area contributed by atoms with Crippen LogP contribution in [0.5, 0.6) is 0 Å². The lowest BCUT2D eigenvalue weighted by molar-refractivity contribution is -0.0230. The lowest BCUT2D eigenvalue weighted by Crippen LogP contribution is -2.30. The number of ether oxygens (including phenoxy) is 1. The first-order valence-corrected chi connectivity index (χ1v) is 6.78. The zero-order valence-corrected chi connectivity index (χ0v) is 10.6. The van der Waals surface area contributed by atoms with Crippen molar-refractivity contribution in [1.82, 2.24) is 0 Å². The van der Waals surface area contributed by atoms with Crippen LogP contribution >= 0.6 is 11.8 Å². The first kappa shape index (κ1) is 12.0. The predicted molar refractivity (Wildman–Crippen MR) is 67.9 cm³/mol. The molecule has 0 bridgehead atoms. The van der Waals surface area contributed by atoms with Crippen LogP contribution in [-0.2, 0) is 4.74 Å². The molecule has 88 valence electrons. The lowest BCUT2D eigenvalue weighted by Gasteiger charge is -2.27. The maximum atomic E-state index is 10.3. The van der Waals surface area contributed by atoms with E-state index in [0.29, 0.717) is 0 Å². The zero-order valence-electron chi connectivity index (χ0n) is 9.77. The van der Waals surface area contributed by atoms with E-state index in [4.69, 9.17) is 4.74 Å². The summed E-state index contributed by atoms with van der Waals surface area (Å²) >= 11 is 1.85. The van der Waals surface area contributed by atoms with E-state index < -0.39 is 6.10 Å². The standard InChI is InChI=1S/C13H18O2S/c1-9-3-4-11(10(2)7-9)13(14)12-8-16-6-5-15-12/h3-4,7,12-14H,5-6,8H2,1-2H3. The molecule has 3 heteroatoms. The van der Waals surface area contributed by atoms with Crippen LogP contribution in [0.3, 0.4) is 0 Å². The van der Waals surface area contributed by atoms with Crippen LogP contribution in [0, 0.1) is 13.8 Å². The fourth-order valence-corrected chi connectivity index (χ4v) is 2.94. The minimum Gasteiger partial charge on any atom is -0.386 e. The monoisotopic (exact) mass is 238 g/mol. The summed E-state index contributed by atoms with van der Waals surface area (Å²) in [6, 6.07) is 6.16. The second-order valence-electron chi connectivity index (χ2n) is 4.29. The summed E-state index contributed by atoms with van der Waals surface area (Å²) in [5, 5.41) is 10.3. The molecule has 1 saturated heterocycles. The fourth-order valence-electron chi connectivity index (χ4n) is 2.05. The Morgan fingerprint density at radius 3 is 2.88 bits per heavy atom. The van der Waals surface area contributed by atoms with E-state index in [-0.39, 0.29) is 6.10 Å². The number of aryl methyl sites for hydroxylation is 2. The minimum absolute atomic E-state index is 0.0554. The Labute approximate surface area is 101 Å². The zero-order chi connectivity index (χ0) is 11.5. The van der Waals surface area contributed by atoms with Gasteiger partial charge < -0.3 is 9.84 Å². The number of aliphatic hydroxyl groups excluding tert-OH is 1. The maximum Gasteiger partial charge on any atom is 0.106 e. The molecule has 1 aromatic carbocycles. The highest BCUT2D eigenvalue weighted by Crippen LogP contribution is 2.27. The van der Waals surface area contributed by atoms with E-state index in [1.54, 1.807) is 0 Å². The molecule has 0 aliphatic carbocycles. The van der Waals surface area contributed by atoms with Gasteiger partial charge in [-0.25, -0.2) is 0 Å². The Hall–Kier alpha value is -0.510. The van der Waals surface area contributed by atoms with Crippen LogP contribution in [0.25, 0.3) is 0 Å². The molecular weight excluding hydrogens is 220 g/mol. The van der Waals surface area contributed by atoms with Crippen molar-refractivity contribution in [2.24, 2.45) is 0 Å². The summed E-state index contributed by atoms with van der Waals surface area (Å²) in [5.41, 5.74) is 3.37. The molecule has 0 aromatic heterocycles. The summed E-state index contributed by atoms with van der Waals surface area (Å²) in [6.45, 7) is 4.86. The average Bonchev–Trinajstić information content (AvgIpc) is 2.29. The molecule has 2 unspecified atom stereocenters. The van der Waals surface area contributed by atoms with Crippen LogP contribution in [0.15, 0.2) is 18.2 Å². The van der Waals surface area contributed by atoms with E-state index in [2.05, 4.69) is 13.0 Å². The molecule has 2 nitrogen and oxygen atoms in total. The first-order chi connectivity index (χ1) is 7.68. The molecule has 1 heterocycles. The van der Waals surface area contributed by atoms with Gasteiger partial charge in [-0.05, 0) is 25.0 Å². The van der Waals surface area contributed by atoms with Crippen molar-refractivity contribution in [3.8, 4) is 0 Å². The molecule has 1 aliphatic rings. The van der Waals surface area contributed by atoms with E-state index in [1.165, 1.54) is 5.56 Å². The summed E-state index contributed by atoms with van der Waals surface area (Å²) in [5.74, 6) is 1.92. The van der Waals surface area contributed by atoms with Crippen LogP contribution in [0.4, 0.5) is 0 Å². The highest BCUT2D eigenvalue weighted by atomic mass is 32.2. The van der Waals surface area contributed by atoms with Gasteiger partial charge in [0.05, 0.1) is 12.7 Å². The fraction of sp³-hybridized carbons (Fsp3) is 0.538. The van der Waals surface area contributed by atoms with Crippen molar-refractivity contribution in [1.29, 1.82) is 0 Å². The van der Waals surface area contributed by atoms with Gasteiger partial charge in [0, 0.05) is 11.5 Å². The third-order valence-electron chi connectivity index (χ3n) is 2.94. The molecule has 1 fully saturated rings. The van der Waals surface area contributed by atoms with Crippen molar-refractivity contribution in [3.63, 3.8) is 0 Å². The Kier molecular flexibility index (Phi) is 3.90. The summed E-state index contributed by atoms with van der Waals surface area (Å²) < 4.78 is 5.61. The number of benzene rings is 1. The summed E-state index contributed by atoms with van der Waals surface area (Å²) in [4.78, 5) is 0. The molecule has 0 radical (unpaired) electrons. The maximum absolute atomic E-state index is 10.3.